The first kappa shape index (κ1) is 20.8. The molecule has 0 bridgehead atoms. The van der Waals surface area contributed by atoms with Gasteiger partial charge in [0.1, 0.15) is 5.75 Å². The number of hydrogen-bond donors (Lipinski definition) is 2. The zero-order valence-corrected chi connectivity index (χ0v) is 18.2. The van der Waals surface area contributed by atoms with Crippen molar-refractivity contribution in [3.8, 4) is 5.75 Å². The van der Waals surface area contributed by atoms with Gasteiger partial charge in [-0.3, -0.25) is 14.4 Å². The van der Waals surface area contributed by atoms with Crippen molar-refractivity contribution in [3.63, 3.8) is 0 Å². The number of Topliss-reactive ketones (excluding diaryl/α,β-unsaturated/α-hetero) is 2. The van der Waals surface area contributed by atoms with E-state index in [4.69, 9.17) is 16.3 Å². The van der Waals surface area contributed by atoms with Gasteiger partial charge in [0, 0.05) is 16.1 Å². The van der Waals surface area contributed by atoms with Crippen molar-refractivity contribution in [1.29, 1.82) is 0 Å². The SMILES string of the molecule is CC(=O)c1cc(I)c2c(c1)C(=O)[C@@](O)(NC(=O)c1cccc(Cl)c1)C(C)(C)O2. The molecule has 1 aliphatic heterocycles. The molecule has 6 nitrogen and oxygen atoms in total. The minimum absolute atomic E-state index is 0.0327. The quantitative estimate of drug-likeness (QED) is 0.372. The Morgan fingerprint density at radius 2 is 1.86 bits per heavy atom. The number of ether oxygens (including phenoxy) is 1. The van der Waals surface area contributed by atoms with Crippen LogP contribution in [-0.2, 0) is 0 Å². The summed E-state index contributed by atoms with van der Waals surface area (Å²) in [6, 6.07) is 9.10. The second kappa shape index (κ2) is 7.13. The Morgan fingerprint density at radius 1 is 1.18 bits per heavy atom. The summed E-state index contributed by atoms with van der Waals surface area (Å²) in [5.74, 6) is -1.40. The standard InChI is InChI=1S/C20H17ClINO5/c1-10(24)12-8-14-16(15(22)9-12)28-19(2,3)20(27,17(14)25)23-18(26)11-5-4-6-13(21)7-11/h4-9,27H,1-3H3,(H,23,26)/t20-/m0/s1. The topological polar surface area (TPSA) is 92.7 Å². The summed E-state index contributed by atoms with van der Waals surface area (Å²) < 4.78 is 6.46. The lowest BCUT2D eigenvalue weighted by molar-refractivity contribution is -0.109. The molecule has 28 heavy (non-hydrogen) atoms. The molecule has 8 heteroatoms. The Labute approximate surface area is 180 Å². The van der Waals surface area contributed by atoms with Crippen molar-refractivity contribution in [1.82, 2.24) is 5.32 Å². The molecule has 1 heterocycles. The molecule has 1 atom stereocenters. The van der Waals surface area contributed by atoms with Crippen molar-refractivity contribution >= 4 is 51.7 Å². The minimum atomic E-state index is -2.35. The Balaban J connectivity index is 2.07. The lowest BCUT2D eigenvalue weighted by Gasteiger charge is -2.45. The summed E-state index contributed by atoms with van der Waals surface area (Å²) in [4.78, 5) is 37.7. The summed E-state index contributed by atoms with van der Waals surface area (Å²) >= 11 is 7.88. The summed E-state index contributed by atoms with van der Waals surface area (Å²) in [7, 11) is 0. The van der Waals surface area contributed by atoms with E-state index in [1.54, 1.807) is 18.2 Å². The maximum absolute atomic E-state index is 13.2. The smallest absolute Gasteiger partial charge is 0.253 e. The second-order valence-corrected chi connectivity index (χ2v) is 8.61. The normalized spacial score (nSPS) is 20.1. The molecule has 2 aromatic rings. The molecule has 0 aromatic heterocycles. The number of aliphatic hydroxyl groups is 1. The number of halogens is 2. The molecule has 0 saturated heterocycles. The first-order valence-electron chi connectivity index (χ1n) is 8.35. The predicted octanol–water partition coefficient (Wildman–Crippen LogP) is 3.62. The van der Waals surface area contributed by atoms with Crippen molar-refractivity contribution in [2.75, 3.05) is 0 Å². The van der Waals surface area contributed by atoms with Crippen LogP contribution in [-0.4, -0.2) is 33.9 Å². The molecule has 0 aliphatic carbocycles. The Hall–Kier alpha value is -1.97. The number of carbonyl (C=O) groups is 3. The fourth-order valence-electron chi connectivity index (χ4n) is 2.94. The van der Waals surface area contributed by atoms with Crippen molar-refractivity contribution in [2.24, 2.45) is 0 Å². The van der Waals surface area contributed by atoms with Gasteiger partial charge in [-0.15, -0.1) is 0 Å². The molecule has 0 radical (unpaired) electrons. The molecule has 1 aliphatic rings. The fraction of sp³-hybridized carbons (Fsp3) is 0.250. The van der Waals surface area contributed by atoms with E-state index in [-0.39, 0.29) is 22.7 Å². The maximum atomic E-state index is 13.2. The van der Waals surface area contributed by atoms with E-state index in [1.807, 2.05) is 22.6 Å². The molecule has 0 fully saturated rings. The molecule has 0 spiro atoms. The van der Waals surface area contributed by atoms with Gasteiger partial charge in [-0.2, -0.15) is 0 Å². The average Bonchev–Trinajstić information content (AvgIpc) is 2.61. The van der Waals surface area contributed by atoms with Crippen LogP contribution in [0.4, 0.5) is 0 Å². The van der Waals surface area contributed by atoms with Crippen LogP contribution in [0.25, 0.3) is 0 Å². The van der Waals surface area contributed by atoms with Gasteiger partial charge in [-0.25, -0.2) is 0 Å². The second-order valence-electron chi connectivity index (χ2n) is 7.01. The fourth-order valence-corrected chi connectivity index (χ4v) is 3.87. The van der Waals surface area contributed by atoms with Crippen LogP contribution < -0.4 is 10.1 Å². The Bertz CT molecular complexity index is 1020. The molecular weight excluding hydrogens is 497 g/mol. The van der Waals surface area contributed by atoms with Crippen LogP contribution in [0.3, 0.4) is 0 Å². The highest BCUT2D eigenvalue weighted by molar-refractivity contribution is 14.1. The lowest BCUT2D eigenvalue weighted by Crippen LogP contribution is -2.70. The van der Waals surface area contributed by atoms with Gasteiger partial charge in [-0.05, 0) is 73.7 Å². The Morgan fingerprint density at radius 3 is 2.46 bits per heavy atom. The largest absolute Gasteiger partial charge is 0.480 e. The summed E-state index contributed by atoms with van der Waals surface area (Å²) in [6.45, 7) is 4.38. The average molecular weight is 514 g/mol. The van der Waals surface area contributed by atoms with Crippen molar-refractivity contribution < 1.29 is 24.2 Å². The van der Waals surface area contributed by atoms with Gasteiger partial charge >= 0.3 is 0 Å². The third-order valence-electron chi connectivity index (χ3n) is 4.63. The van der Waals surface area contributed by atoms with Crippen LogP contribution in [0.2, 0.25) is 5.02 Å². The van der Waals surface area contributed by atoms with E-state index < -0.39 is 23.0 Å². The Kier molecular flexibility index (Phi) is 5.28. The van der Waals surface area contributed by atoms with E-state index >= 15 is 0 Å². The highest BCUT2D eigenvalue weighted by Crippen LogP contribution is 2.41. The van der Waals surface area contributed by atoms with E-state index in [1.165, 1.54) is 39.0 Å². The molecule has 146 valence electrons. The molecule has 2 N–H and O–H groups in total. The lowest BCUT2D eigenvalue weighted by atomic mass is 9.82. The first-order chi connectivity index (χ1) is 13.0. The summed E-state index contributed by atoms with van der Waals surface area (Å²) in [5.41, 5.74) is -3.29. The highest BCUT2D eigenvalue weighted by Gasteiger charge is 2.57. The van der Waals surface area contributed by atoms with Gasteiger partial charge in [-0.1, -0.05) is 17.7 Å². The van der Waals surface area contributed by atoms with Crippen LogP contribution in [0.15, 0.2) is 36.4 Å². The van der Waals surface area contributed by atoms with Gasteiger partial charge in [0.25, 0.3) is 5.91 Å². The minimum Gasteiger partial charge on any atom is -0.480 e. The van der Waals surface area contributed by atoms with Gasteiger partial charge < -0.3 is 15.2 Å². The number of carbonyl (C=O) groups excluding carboxylic acids is 3. The number of hydrogen-bond acceptors (Lipinski definition) is 5. The van der Waals surface area contributed by atoms with Crippen LogP contribution in [0, 0.1) is 3.57 Å². The number of benzene rings is 2. The van der Waals surface area contributed by atoms with E-state index in [0.29, 0.717) is 14.2 Å². The molecule has 1 amide bonds. The molecule has 2 aromatic carbocycles. The highest BCUT2D eigenvalue weighted by atomic mass is 127. The third kappa shape index (κ3) is 3.42. The number of fused-ring (bicyclic) bond motifs is 1. The maximum Gasteiger partial charge on any atom is 0.253 e. The predicted molar refractivity (Wildman–Crippen MR) is 112 cm³/mol. The zero-order valence-electron chi connectivity index (χ0n) is 15.3. The van der Waals surface area contributed by atoms with E-state index in [9.17, 15) is 19.5 Å². The molecule has 3 rings (SSSR count). The van der Waals surface area contributed by atoms with E-state index in [2.05, 4.69) is 5.32 Å². The third-order valence-corrected chi connectivity index (χ3v) is 5.67. The van der Waals surface area contributed by atoms with Crippen LogP contribution in [0.5, 0.6) is 5.75 Å². The summed E-state index contributed by atoms with van der Waals surface area (Å²) in [6.07, 6.45) is 0. The summed E-state index contributed by atoms with van der Waals surface area (Å²) in [5, 5.41) is 13.9. The first-order valence-corrected chi connectivity index (χ1v) is 9.80. The van der Waals surface area contributed by atoms with Gasteiger partial charge in [0.05, 0.1) is 9.13 Å². The molecule has 0 unspecified atom stereocenters. The number of nitrogens with one attached hydrogen (secondary N) is 1. The van der Waals surface area contributed by atoms with Gasteiger partial charge in [0.15, 0.2) is 11.4 Å². The number of amides is 1. The van der Waals surface area contributed by atoms with Crippen molar-refractivity contribution in [2.45, 2.75) is 32.1 Å². The monoisotopic (exact) mass is 513 g/mol. The van der Waals surface area contributed by atoms with Crippen LogP contribution >= 0.6 is 34.2 Å². The molecular formula is C20H17ClINO5. The molecule has 0 saturated carbocycles. The number of rotatable bonds is 3. The zero-order chi connectivity index (χ0) is 20.9. The van der Waals surface area contributed by atoms with Crippen LogP contribution in [0.1, 0.15) is 51.8 Å². The van der Waals surface area contributed by atoms with E-state index in [0.717, 1.165) is 0 Å². The van der Waals surface area contributed by atoms with Gasteiger partial charge in [0.2, 0.25) is 11.5 Å². The van der Waals surface area contributed by atoms with Crippen molar-refractivity contribution in [3.05, 3.63) is 61.7 Å². The number of ketones is 2.